The first kappa shape index (κ1) is 17.5. The summed E-state index contributed by atoms with van der Waals surface area (Å²) in [7, 11) is 0. The number of unbranched alkanes of at least 4 members (excludes halogenated alkanes) is 3. The van der Waals surface area contributed by atoms with Crippen molar-refractivity contribution < 1.29 is 0 Å². The Hall–Kier alpha value is -0.530. The van der Waals surface area contributed by atoms with Crippen LogP contribution in [0, 0.1) is 19.8 Å². The molecule has 1 aromatic carbocycles. The van der Waals surface area contributed by atoms with E-state index in [1.54, 1.807) is 0 Å². The molecule has 1 rings (SSSR count). The molecule has 0 radical (unpaired) electrons. The fourth-order valence-corrected chi connectivity index (χ4v) is 2.65. The van der Waals surface area contributed by atoms with Gasteiger partial charge in [-0.15, -0.1) is 0 Å². The molecule has 0 saturated heterocycles. The predicted molar refractivity (Wildman–Crippen MR) is 90.8 cm³/mol. The van der Waals surface area contributed by atoms with Crippen LogP contribution in [0.25, 0.3) is 0 Å². The quantitative estimate of drug-likeness (QED) is 0.609. The van der Waals surface area contributed by atoms with Gasteiger partial charge >= 0.3 is 0 Å². The lowest BCUT2D eigenvalue weighted by Gasteiger charge is -2.09. The zero-order valence-corrected chi connectivity index (χ0v) is 14.3. The van der Waals surface area contributed by atoms with Crippen LogP contribution < -0.4 is 5.32 Å². The minimum Gasteiger partial charge on any atom is -0.316 e. The van der Waals surface area contributed by atoms with Crippen molar-refractivity contribution in [2.24, 2.45) is 5.92 Å². The van der Waals surface area contributed by atoms with Crippen LogP contribution in [0.3, 0.4) is 0 Å². The zero-order valence-electron chi connectivity index (χ0n) is 13.6. The highest BCUT2D eigenvalue weighted by atomic mass is 35.5. The molecule has 0 spiro atoms. The van der Waals surface area contributed by atoms with Gasteiger partial charge in [0.15, 0.2) is 0 Å². The topological polar surface area (TPSA) is 12.0 Å². The Kier molecular flexibility index (Phi) is 8.25. The molecule has 0 amide bonds. The first-order valence-corrected chi connectivity index (χ1v) is 8.35. The molecule has 0 aliphatic heterocycles. The monoisotopic (exact) mass is 295 g/mol. The van der Waals surface area contributed by atoms with Crippen molar-refractivity contribution in [2.45, 2.75) is 59.8 Å². The second-order valence-electron chi connectivity index (χ2n) is 6.29. The van der Waals surface area contributed by atoms with Crippen LogP contribution in [0.1, 0.15) is 56.2 Å². The molecule has 1 aromatic rings. The molecule has 0 saturated carbocycles. The van der Waals surface area contributed by atoms with Crippen LogP contribution in [0.2, 0.25) is 5.02 Å². The van der Waals surface area contributed by atoms with Crippen LogP contribution in [0.4, 0.5) is 0 Å². The van der Waals surface area contributed by atoms with Gasteiger partial charge in [-0.05, 0) is 74.9 Å². The average molecular weight is 296 g/mol. The van der Waals surface area contributed by atoms with E-state index in [1.165, 1.54) is 42.4 Å². The van der Waals surface area contributed by atoms with E-state index in [0.717, 1.165) is 30.5 Å². The largest absolute Gasteiger partial charge is 0.316 e. The van der Waals surface area contributed by atoms with Gasteiger partial charge in [-0.2, -0.15) is 0 Å². The molecule has 2 heteroatoms. The third-order valence-electron chi connectivity index (χ3n) is 3.76. The lowest BCUT2D eigenvalue weighted by atomic mass is 10.0. The van der Waals surface area contributed by atoms with E-state index in [9.17, 15) is 0 Å². The highest BCUT2D eigenvalue weighted by molar-refractivity contribution is 6.31. The van der Waals surface area contributed by atoms with Crippen molar-refractivity contribution in [3.8, 4) is 0 Å². The molecule has 0 aliphatic rings. The lowest BCUT2D eigenvalue weighted by molar-refractivity contribution is 0.526. The van der Waals surface area contributed by atoms with E-state index >= 15 is 0 Å². The molecule has 20 heavy (non-hydrogen) atoms. The summed E-state index contributed by atoms with van der Waals surface area (Å²) >= 11 is 6.30. The summed E-state index contributed by atoms with van der Waals surface area (Å²) in [6.07, 6.45) is 6.25. The maximum absolute atomic E-state index is 6.30. The van der Waals surface area contributed by atoms with Gasteiger partial charge in [-0.3, -0.25) is 0 Å². The Morgan fingerprint density at radius 2 is 1.65 bits per heavy atom. The Morgan fingerprint density at radius 1 is 1.00 bits per heavy atom. The van der Waals surface area contributed by atoms with Crippen molar-refractivity contribution in [1.29, 1.82) is 0 Å². The van der Waals surface area contributed by atoms with E-state index in [4.69, 9.17) is 11.6 Å². The van der Waals surface area contributed by atoms with Crippen molar-refractivity contribution in [3.05, 3.63) is 33.8 Å². The Balaban J connectivity index is 2.14. The number of hydrogen-bond donors (Lipinski definition) is 1. The molecule has 0 fully saturated rings. The van der Waals surface area contributed by atoms with E-state index < -0.39 is 0 Å². The van der Waals surface area contributed by atoms with E-state index in [-0.39, 0.29) is 0 Å². The number of benzene rings is 1. The molecule has 0 aliphatic carbocycles. The predicted octanol–water partition coefficient (Wildman–Crippen LogP) is 5.31. The van der Waals surface area contributed by atoms with Gasteiger partial charge in [0.05, 0.1) is 0 Å². The van der Waals surface area contributed by atoms with E-state index in [1.807, 2.05) is 0 Å². The number of aryl methyl sites for hydroxylation is 3. The minimum absolute atomic E-state index is 0.752. The first-order chi connectivity index (χ1) is 9.50. The molecule has 0 atom stereocenters. The molecule has 1 nitrogen and oxygen atoms in total. The van der Waals surface area contributed by atoms with Crippen molar-refractivity contribution >= 4 is 11.6 Å². The summed E-state index contributed by atoms with van der Waals surface area (Å²) in [5.41, 5.74) is 3.95. The van der Waals surface area contributed by atoms with Crippen molar-refractivity contribution in [2.75, 3.05) is 13.1 Å². The number of nitrogens with one attached hydrogen (secondary N) is 1. The van der Waals surface area contributed by atoms with Gasteiger partial charge in [-0.1, -0.05) is 44.4 Å². The van der Waals surface area contributed by atoms with Gasteiger partial charge in [0.2, 0.25) is 0 Å². The highest BCUT2D eigenvalue weighted by Gasteiger charge is 2.03. The average Bonchev–Trinajstić information content (AvgIpc) is 2.38. The van der Waals surface area contributed by atoms with Gasteiger partial charge in [0.1, 0.15) is 0 Å². The van der Waals surface area contributed by atoms with Gasteiger partial charge in [0.25, 0.3) is 0 Å². The summed E-state index contributed by atoms with van der Waals surface area (Å²) < 4.78 is 0. The normalized spacial score (nSPS) is 11.3. The number of hydrogen-bond acceptors (Lipinski definition) is 1. The Morgan fingerprint density at radius 3 is 2.35 bits per heavy atom. The third-order valence-corrected chi connectivity index (χ3v) is 4.12. The summed E-state index contributed by atoms with van der Waals surface area (Å²) in [5.74, 6) is 0.752. The van der Waals surface area contributed by atoms with Crippen molar-refractivity contribution in [1.82, 2.24) is 5.32 Å². The van der Waals surface area contributed by atoms with Crippen molar-refractivity contribution in [3.63, 3.8) is 0 Å². The molecule has 0 bridgehead atoms. The zero-order chi connectivity index (χ0) is 15.0. The number of halogens is 1. The standard InChI is InChI=1S/C18H30ClN/c1-14(2)13-20-10-8-6-5-7-9-17-11-15(3)16(4)12-18(17)19/h11-12,14,20H,5-10,13H2,1-4H3. The van der Waals surface area contributed by atoms with Crippen LogP contribution >= 0.6 is 11.6 Å². The maximum Gasteiger partial charge on any atom is 0.0440 e. The Bertz CT molecular complexity index is 399. The molecule has 0 unspecified atom stereocenters. The highest BCUT2D eigenvalue weighted by Crippen LogP contribution is 2.22. The second-order valence-corrected chi connectivity index (χ2v) is 6.70. The summed E-state index contributed by atoms with van der Waals surface area (Å²) in [6.45, 7) is 11.1. The summed E-state index contributed by atoms with van der Waals surface area (Å²) in [6, 6.07) is 4.35. The maximum atomic E-state index is 6.30. The Labute approximate surface area is 130 Å². The second kappa shape index (κ2) is 9.41. The molecular weight excluding hydrogens is 266 g/mol. The molecular formula is C18H30ClN. The van der Waals surface area contributed by atoms with Crippen LogP contribution in [-0.4, -0.2) is 13.1 Å². The summed E-state index contributed by atoms with van der Waals surface area (Å²) in [4.78, 5) is 0. The molecule has 0 heterocycles. The number of rotatable bonds is 9. The van der Waals surface area contributed by atoms with Gasteiger partial charge in [-0.25, -0.2) is 0 Å². The van der Waals surface area contributed by atoms with Crippen LogP contribution in [0.15, 0.2) is 12.1 Å². The molecule has 1 N–H and O–H groups in total. The van der Waals surface area contributed by atoms with Crippen LogP contribution in [-0.2, 0) is 6.42 Å². The van der Waals surface area contributed by atoms with Gasteiger partial charge < -0.3 is 5.32 Å². The SMILES string of the molecule is Cc1cc(Cl)c(CCCCCCNCC(C)C)cc1C. The summed E-state index contributed by atoms with van der Waals surface area (Å²) in [5, 5.41) is 4.43. The lowest BCUT2D eigenvalue weighted by Crippen LogP contribution is -2.20. The molecule has 114 valence electrons. The molecule has 0 aromatic heterocycles. The van der Waals surface area contributed by atoms with Crippen LogP contribution in [0.5, 0.6) is 0 Å². The van der Waals surface area contributed by atoms with E-state index in [0.29, 0.717) is 0 Å². The smallest absolute Gasteiger partial charge is 0.0440 e. The fourth-order valence-electron chi connectivity index (χ4n) is 2.34. The third kappa shape index (κ3) is 6.76. The minimum atomic E-state index is 0.752. The fraction of sp³-hybridized carbons (Fsp3) is 0.667. The first-order valence-electron chi connectivity index (χ1n) is 7.97. The van der Waals surface area contributed by atoms with Gasteiger partial charge in [0, 0.05) is 5.02 Å². The van der Waals surface area contributed by atoms with E-state index in [2.05, 4.69) is 45.1 Å².